The number of rotatable bonds is 6. The van der Waals surface area contributed by atoms with Gasteiger partial charge in [0.25, 0.3) is 5.91 Å². The molecule has 7 nitrogen and oxygen atoms in total. The largest absolute Gasteiger partial charge is 0.504 e. The van der Waals surface area contributed by atoms with Crippen LogP contribution in [0.3, 0.4) is 0 Å². The van der Waals surface area contributed by atoms with Gasteiger partial charge in [-0.05, 0) is 49.2 Å². The number of hydrogen-bond acceptors (Lipinski definition) is 6. The van der Waals surface area contributed by atoms with Crippen molar-refractivity contribution in [3.8, 4) is 11.5 Å². The lowest BCUT2D eigenvalue weighted by Gasteiger charge is -2.22. The van der Waals surface area contributed by atoms with Crippen molar-refractivity contribution in [2.45, 2.75) is 19.4 Å². The SMILES string of the molecule is CC(C(=O)NCCc1ccc(O)c(O)c1)N1C(=O)C(=Cc2cccn2C)SC1=S. The molecule has 2 aromatic rings. The molecule has 2 heterocycles. The highest BCUT2D eigenvalue weighted by molar-refractivity contribution is 8.26. The number of thioether (sulfide) groups is 1. The van der Waals surface area contributed by atoms with E-state index in [1.807, 2.05) is 29.9 Å². The average molecular weight is 432 g/mol. The zero-order valence-electron chi connectivity index (χ0n) is 16.0. The quantitative estimate of drug-likeness (QED) is 0.369. The van der Waals surface area contributed by atoms with Gasteiger partial charge in [0.15, 0.2) is 11.5 Å². The number of phenols is 2. The molecule has 1 aromatic carbocycles. The van der Waals surface area contributed by atoms with E-state index in [-0.39, 0.29) is 23.3 Å². The first-order valence-corrected chi connectivity index (χ1v) is 10.2. The van der Waals surface area contributed by atoms with Crippen LogP contribution in [0.4, 0.5) is 0 Å². The molecule has 1 unspecified atom stereocenters. The molecule has 1 saturated heterocycles. The van der Waals surface area contributed by atoms with Crippen LogP contribution in [0.15, 0.2) is 41.4 Å². The standard InChI is InChI=1S/C20H21N3O4S2/c1-12(18(26)21-8-7-13-5-6-15(24)16(25)10-13)23-19(27)17(29-20(23)28)11-14-4-3-9-22(14)2/h3-6,9-12,24-25H,7-8H2,1-2H3,(H,21,26). The van der Waals surface area contributed by atoms with E-state index in [1.54, 1.807) is 19.1 Å². The molecule has 2 amide bonds. The summed E-state index contributed by atoms with van der Waals surface area (Å²) in [6, 6.07) is 7.55. The predicted molar refractivity (Wildman–Crippen MR) is 116 cm³/mol. The van der Waals surface area contributed by atoms with Crippen LogP contribution in [-0.2, 0) is 23.1 Å². The number of hydrogen-bond donors (Lipinski definition) is 3. The van der Waals surface area contributed by atoms with E-state index in [4.69, 9.17) is 12.2 Å². The van der Waals surface area contributed by atoms with Gasteiger partial charge in [0, 0.05) is 25.5 Å². The summed E-state index contributed by atoms with van der Waals surface area (Å²) in [5.74, 6) is -0.995. The van der Waals surface area contributed by atoms with Crippen molar-refractivity contribution in [1.29, 1.82) is 0 Å². The highest BCUT2D eigenvalue weighted by atomic mass is 32.2. The molecule has 0 bridgehead atoms. The molecule has 3 rings (SSSR count). The number of phenolic OH excluding ortho intramolecular Hbond substituents is 2. The molecule has 1 atom stereocenters. The van der Waals surface area contributed by atoms with Crippen molar-refractivity contribution in [1.82, 2.24) is 14.8 Å². The Balaban J connectivity index is 1.60. The molecular weight excluding hydrogens is 410 g/mol. The van der Waals surface area contributed by atoms with Gasteiger partial charge in [-0.15, -0.1) is 0 Å². The molecule has 9 heteroatoms. The third-order valence-electron chi connectivity index (χ3n) is 4.61. The van der Waals surface area contributed by atoms with Gasteiger partial charge >= 0.3 is 0 Å². The molecule has 152 valence electrons. The summed E-state index contributed by atoms with van der Waals surface area (Å²) in [7, 11) is 1.89. The third-order valence-corrected chi connectivity index (χ3v) is 5.94. The van der Waals surface area contributed by atoms with Crippen LogP contribution in [0, 0.1) is 0 Å². The van der Waals surface area contributed by atoms with Crippen LogP contribution in [0.2, 0.25) is 0 Å². The van der Waals surface area contributed by atoms with Crippen LogP contribution in [-0.4, -0.2) is 48.4 Å². The molecule has 1 aliphatic rings. The van der Waals surface area contributed by atoms with Gasteiger partial charge in [-0.3, -0.25) is 14.5 Å². The summed E-state index contributed by atoms with van der Waals surface area (Å²) in [4.78, 5) is 27.1. The second-order valence-electron chi connectivity index (χ2n) is 6.64. The Morgan fingerprint density at radius 2 is 2.07 bits per heavy atom. The average Bonchev–Trinajstić information content (AvgIpc) is 3.20. The van der Waals surface area contributed by atoms with Crippen molar-refractivity contribution >= 4 is 46.2 Å². The fraction of sp³-hybridized carbons (Fsp3) is 0.250. The van der Waals surface area contributed by atoms with Crippen molar-refractivity contribution < 1.29 is 19.8 Å². The number of thiocarbonyl (C=S) groups is 1. The summed E-state index contributed by atoms with van der Waals surface area (Å²) in [6.45, 7) is 1.96. The van der Waals surface area contributed by atoms with Crippen molar-refractivity contribution in [3.63, 3.8) is 0 Å². The second-order valence-corrected chi connectivity index (χ2v) is 8.31. The first-order valence-electron chi connectivity index (χ1n) is 8.95. The molecule has 1 aromatic heterocycles. The second kappa shape index (κ2) is 8.71. The lowest BCUT2D eigenvalue weighted by Crippen LogP contribution is -2.47. The minimum atomic E-state index is -0.741. The fourth-order valence-corrected chi connectivity index (χ4v) is 4.30. The van der Waals surface area contributed by atoms with E-state index in [2.05, 4.69) is 5.32 Å². The van der Waals surface area contributed by atoms with Gasteiger partial charge in [-0.25, -0.2) is 0 Å². The maximum absolute atomic E-state index is 12.8. The number of aromatic nitrogens is 1. The zero-order valence-corrected chi connectivity index (χ0v) is 17.6. The first-order chi connectivity index (χ1) is 13.8. The minimum Gasteiger partial charge on any atom is -0.504 e. The molecule has 3 N–H and O–H groups in total. The van der Waals surface area contributed by atoms with Gasteiger partial charge in [-0.2, -0.15) is 0 Å². The monoisotopic (exact) mass is 431 g/mol. The van der Waals surface area contributed by atoms with E-state index in [0.29, 0.717) is 22.2 Å². The van der Waals surface area contributed by atoms with Gasteiger partial charge in [-0.1, -0.05) is 30.0 Å². The van der Waals surface area contributed by atoms with Crippen molar-refractivity contribution in [2.24, 2.45) is 7.05 Å². The van der Waals surface area contributed by atoms with E-state index in [9.17, 15) is 19.8 Å². The maximum Gasteiger partial charge on any atom is 0.266 e. The number of aromatic hydroxyl groups is 2. The van der Waals surface area contributed by atoms with E-state index >= 15 is 0 Å². The first kappa shape index (κ1) is 20.9. The Bertz CT molecular complexity index is 999. The van der Waals surface area contributed by atoms with E-state index in [0.717, 1.165) is 11.3 Å². The number of nitrogens with zero attached hydrogens (tertiary/aromatic N) is 2. The maximum atomic E-state index is 12.8. The molecule has 0 aliphatic carbocycles. The highest BCUT2D eigenvalue weighted by Gasteiger charge is 2.38. The molecule has 1 aliphatic heterocycles. The van der Waals surface area contributed by atoms with Crippen LogP contribution < -0.4 is 5.32 Å². The summed E-state index contributed by atoms with van der Waals surface area (Å²) < 4.78 is 2.24. The fourth-order valence-electron chi connectivity index (χ4n) is 2.89. The minimum absolute atomic E-state index is 0.191. The van der Waals surface area contributed by atoms with E-state index < -0.39 is 6.04 Å². The molecule has 29 heavy (non-hydrogen) atoms. The van der Waals surface area contributed by atoms with Crippen LogP contribution in [0.1, 0.15) is 18.2 Å². The number of nitrogens with one attached hydrogen (secondary N) is 1. The Hall–Kier alpha value is -2.78. The van der Waals surface area contributed by atoms with Crippen molar-refractivity contribution in [2.75, 3.05) is 6.54 Å². The number of amides is 2. The van der Waals surface area contributed by atoms with E-state index in [1.165, 1.54) is 28.8 Å². The predicted octanol–water partition coefficient (Wildman–Crippen LogP) is 2.38. The topological polar surface area (TPSA) is 94.8 Å². The number of benzene rings is 1. The van der Waals surface area contributed by atoms with Gasteiger partial charge in [0.1, 0.15) is 10.4 Å². The van der Waals surface area contributed by atoms with Crippen LogP contribution >= 0.6 is 24.0 Å². The Labute approximate surface area is 178 Å². The molecule has 0 saturated carbocycles. The smallest absolute Gasteiger partial charge is 0.266 e. The molecular formula is C20H21N3O4S2. The Morgan fingerprint density at radius 3 is 2.72 bits per heavy atom. The summed E-state index contributed by atoms with van der Waals surface area (Å²) in [5.41, 5.74) is 1.64. The third kappa shape index (κ3) is 4.63. The summed E-state index contributed by atoms with van der Waals surface area (Å²) in [6.07, 6.45) is 4.12. The molecule has 0 radical (unpaired) electrons. The summed E-state index contributed by atoms with van der Waals surface area (Å²) >= 11 is 6.51. The Morgan fingerprint density at radius 1 is 1.31 bits per heavy atom. The van der Waals surface area contributed by atoms with Crippen LogP contribution in [0.25, 0.3) is 6.08 Å². The van der Waals surface area contributed by atoms with Gasteiger partial charge in [0.05, 0.1) is 4.91 Å². The number of carbonyl (C=O) groups excluding carboxylic acids is 2. The van der Waals surface area contributed by atoms with Gasteiger partial charge < -0.3 is 20.1 Å². The lowest BCUT2D eigenvalue weighted by molar-refractivity contribution is -0.132. The summed E-state index contributed by atoms with van der Waals surface area (Å²) in [5, 5.41) is 21.7. The zero-order chi connectivity index (χ0) is 21.1. The number of carbonyl (C=O) groups is 2. The number of aryl methyl sites for hydroxylation is 1. The highest BCUT2D eigenvalue weighted by Crippen LogP contribution is 2.34. The van der Waals surface area contributed by atoms with Crippen molar-refractivity contribution in [3.05, 3.63) is 52.7 Å². The molecule has 1 fully saturated rings. The van der Waals surface area contributed by atoms with Crippen LogP contribution in [0.5, 0.6) is 11.5 Å². The normalized spacial score (nSPS) is 16.5. The van der Waals surface area contributed by atoms with Gasteiger partial charge in [0.2, 0.25) is 5.91 Å². The molecule has 0 spiro atoms. The Kier molecular flexibility index (Phi) is 6.29. The lowest BCUT2D eigenvalue weighted by atomic mass is 10.1.